The highest BCUT2D eigenvalue weighted by molar-refractivity contribution is 9.10. The Morgan fingerprint density at radius 1 is 1.67 bits per heavy atom. The molecule has 1 aromatic heterocycles. The monoisotopic (exact) mass is 270 g/mol. The Labute approximate surface area is 98.6 Å². The van der Waals surface area contributed by atoms with Crippen molar-refractivity contribution in [2.45, 2.75) is 19.1 Å². The molecule has 1 fully saturated rings. The highest BCUT2D eigenvalue weighted by atomic mass is 79.9. The van der Waals surface area contributed by atoms with Crippen molar-refractivity contribution in [3.8, 4) is 0 Å². The van der Waals surface area contributed by atoms with Crippen LogP contribution in [0.2, 0.25) is 0 Å². The average Bonchev–Trinajstić information content (AvgIpc) is 2.65. The first-order chi connectivity index (χ1) is 7.28. The molecule has 0 spiro atoms. The van der Waals surface area contributed by atoms with Crippen molar-refractivity contribution in [2.24, 2.45) is 0 Å². The summed E-state index contributed by atoms with van der Waals surface area (Å²) in [4.78, 5) is 6.53. The summed E-state index contributed by atoms with van der Waals surface area (Å²) in [6.07, 6.45) is 3.39. The van der Waals surface area contributed by atoms with E-state index < -0.39 is 0 Å². The number of aromatic nitrogens is 1. The Balaban J connectivity index is 1.92. The van der Waals surface area contributed by atoms with Crippen molar-refractivity contribution in [1.29, 1.82) is 0 Å². The number of halogens is 1. The topological polar surface area (TPSA) is 25.4 Å². The van der Waals surface area contributed by atoms with Crippen LogP contribution >= 0.6 is 15.9 Å². The largest absolute Gasteiger partial charge is 0.380 e. The van der Waals surface area contributed by atoms with Gasteiger partial charge < -0.3 is 4.74 Å². The van der Waals surface area contributed by atoms with Crippen molar-refractivity contribution >= 4 is 15.9 Å². The second-order valence-corrected chi connectivity index (χ2v) is 4.68. The lowest BCUT2D eigenvalue weighted by Gasteiger charge is -2.15. The van der Waals surface area contributed by atoms with E-state index in [1.807, 2.05) is 6.20 Å². The van der Waals surface area contributed by atoms with Crippen LogP contribution < -0.4 is 0 Å². The van der Waals surface area contributed by atoms with Gasteiger partial charge in [-0.05, 0) is 40.0 Å². The summed E-state index contributed by atoms with van der Waals surface area (Å²) in [6.45, 7) is 3.15. The Bertz CT molecular complexity index is 332. The van der Waals surface area contributed by atoms with Gasteiger partial charge in [-0.25, -0.2) is 4.98 Å². The maximum Gasteiger partial charge on any atom is 0.106 e. The molecule has 82 valence electrons. The Morgan fingerprint density at radius 3 is 3.20 bits per heavy atom. The number of hydrogen-bond donors (Lipinski definition) is 0. The molecule has 0 bridgehead atoms. The second-order valence-electron chi connectivity index (χ2n) is 3.87. The first-order valence-corrected chi connectivity index (χ1v) is 5.93. The fourth-order valence-corrected chi connectivity index (χ4v) is 2.34. The van der Waals surface area contributed by atoms with E-state index in [2.05, 4.69) is 37.9 Å². The lowest BCUT2D eigenvalue weighted by Crippen LogP contribution is -2.22. The summed E-state index contributed by atoms with van der Waals surface area (Å²) >= 11 is 3.38. The van der Waals surface area contributed by atoms with Gasteiger partial charge in [0, 0.05) is 32.9 Å². The third kappa shape index (κ3) is 3.00. The molecule has 0 aliphatic carbocycles. The number of rotatable bonds is 3. The van der Waals surface area contributed by atoms with Crippen molar-refractivity contribution in [3.05, 3.63) is 28.5 Å². The molecule has 0 aromatic carbocycles. The number of hydrogen-bond acceptors (Lipinski definition) is 3. The third-order valence-corrected chi connectivity index (χ3v) is 3.19. The minimum absolute atomic E-state index is 0.412. The molecule has 0 radical (unpaired) electrons. The summed E-state index contributed by atoms with van der Waals surface area (Å²) in [6, 6.07) is 4.13. The van der Waals surface area contributed by atoms with Gasteiger partial charge in [0.2, 0.25) is 0 Å². The van der Waals surface area contributed by atoms with Crippen LogP contribution in [0.4, 0.5) is 0 Å². The van der Waals surface area contributed by atoms with Crippen LogP contribution in [0.15, 0.2) is 22.9 Å². The zero-order valence-corrected chi connectivity index (χ0v) is 10.4. The molecule has 4 heteroatoms. The predicted octanol–water partition coefficient (Wildman–Crippen LogP) is 2.06. The molecule has 1 saturated heterocycles. The van der Waals surface area contributed by atoms with Crippen LogP contribution in [0.5, 0.6) is 0 Å². The zero-order valence-electron chi connectivity index (χ0n) is 8.82. The van der Waals surface area contributed by atoms with Gasteiger partial charge in [0.15, 0.2) is 0 Å². The number of ether oxygens (including phenoxy) is 1. The van der Waals surface area contributed by atoms with E-state index in [-0.39, 0.29) is 0 Å². The lowest BCUT2D eigenvalue weighted by atomic mass is 10.2. The van der Waals surface area contributed by atoms with E-state index in [0.717, 1.165) is 30.7 Å². The minimum atomic E-state index is 0.412. The number of nitrogens with zero attached hydrogens (tertiary/aromatic N) is 2. The summed E-state index contributed by atoms with van der Waals surface area (Å²) in [5.41, 5.74) is 1.30. The molecule has 1 atom stereocenters. The van der Waals surface area contributed by atoms with Crippen LogP contribution in [-0.4, -0.2) is 36.2 Å². The maximum absolute atomic E-state index is 5.34. The van der Waals surface area contributed by atoms with Crippen LogP contribution in [0.25, 0.3) is 0 Å². The van der Waals surface area contributed by atoms with Crippen LogP contribution in [0.1, 0.15) is 12.0 Å². The van der Waals surface area contributed by atoms with E-state index in [0.29, 0.717) is 6.10 Å². The van der Waals surface area contributed by atoms with Crippen molar-refractivity contribution in [3.63, 3.8) is 0 Å². The molecule has 1 aliphatic rings. The molecular formula is C11H15BrN2O. The van der Waals surface area contributed by atoms with Crippen molar-refractivity contribution in [1.82, 2.24) is 9.88 Å². The SMILES string of the molecule is CO[C@@H]1CCN(Cc2ccnc(Br)c2)C1. The van der Waals surface area contributed by atoms with E-state index >= 15 is 0 Å². The Hall–Kier alpha value is -0.450. The quantitative estimate of drug-likeness (QED) is 0.787. The lowest BCUT2D eigenvalue weighted by molar-refractivity contribution is 0.107. The van der Waals surface area contributed by atoms with E-state index in [1.54, 1.807) is 7.11 Å². The van der Waals surface area contributed by atoms with Crippen LogP contribution in [0, 0.1) is 0 Å². The first-order valence-electron chi connectivity index (χ1n) is 5.13. The molecule has 0 saturated carbocycles. The number of likely N-dealkylation sites (tertiary alicyclic amines) is 1. The molecule has 2 heterocycles. The smallest absolute Gasteiger partial charge is 0.106 e. The van der Waals surface area contributed by atoms with Gasteiger partial charge in [-0.3, -0.25) is 4.90 Å². The standard InChI is InChI=1S/C11H15BrN2O/c1-15-10-3-5-14(8-10)7-9-2-4-13-11(12)6-9/h2,4,6,10H,3,5,7-8H2,1H3/t10-/m1/s1. The van der Waals surface area contributed by atoms with Gasteiger partial charge in [0.05, 0.1) is 6.10 Å². The van der Waals surface area contributed by atoms with E-state index in [9.17, 15) is 0 Å². The number of pyridine rings is 1. The molecule has 3 nitrogen and oxygen atoms in total. The molecule has 2 rings (SSSR count). The average molecular weight is 271 g/mol. The normalized spacial score (nSPS) is 22.1. The summed E-state index contributed by atoms with van der Waals surface area (Å²) in [5, 5.41) is 0. The van der Waals surface area contributed by atoms with Gasteiger partial charge in [0.25, 0.3) is 0 Å². The maximum atomic E-state index is 5.34. The van der Waals surface area contributed by atoms with Gasteiger partial charge in [-0.15, -0.1) is 0 Å². The van der Waals surface area contributed by atoms with Gasteiger partial charge in [0.1, 0.15) is 4.60 Å². The van der Waals surface area contributed by atoms with E-state index in [4.69, 9.17) is 4.74 Å². The molecule has 15 heavy (non-hydrogen) atoms. The highest BCUT2D eigenvalue weighted by Gasteiger charge is 2.21. The van der Waals surface area contributed by atoms with Crippen molar-refractivity contribution in [2.75, 3.05) is 20.2 Å². The summed E-state index contributed by atoms with van der Waals surface area (Å²) < 4.78 is 6.24. The predicted molar refractivity (Wildman–Crippen MR) is 62.6 cm³/mol. The van der Waals surface area contributed by atoms with Gasteiger partial charge in [-0.2, -0.15) is 0 Å². The third-order valence-electron chi connectivity index (χ3n) is 2.76. The zero-order chi connectivity index (χ0) is 10.7. The minimum Gasteiger partial charge on any atom is -0.380 e. The van der Waals surface area contributed by atoms with Gasteiger partial charge >= 0.3 is 0 Å². The Kier molecular flexibility index (Phi) is 3.72. The summed E-state index contributed by atoms with van der Waals surface area (Å²) in [5.74, 6) is 0. The molecule has 1 aromatic rings. The molecule has 0 N–H and O–H groups in total. The van der Waals surface area contributed by atoms with Crippen molar-refractivity contribution < 1.29 is 4.74 Å². The fraction of sp³-hybridized carbons (Fsp3) is 0.545. The molecule has 0 amide bonds. The molecular weight excluding hydrogens is 256 g/mol. The van der Waals surface area contributed by atoms with E-state index in [1.165, 1.54) is 5.56 Å². The molecule has 0 unspecified atom stereocenters. The highest BCUT2D eigenvalue weighted by Crippen LogP contribution is 2.16. The Morgan fingerprint density at radius 2 is 2.53 bits per heavy atom. The van der Waals surface area contributed by atoms with Gasteiger partial charge in [-0.1, -0.05) is 0 Å². The fourth-order valence-electron chi connectivity index (χ4n) is 1.93. The van der Waals surface area contributed by atoms with Crippen LogP contribution in [-0.2, 0) is 11.3 Å². The summed E-state index contributed by atoms with van der Waals surface area (Å²) in [7, 11) is 1.79. The molecule has 1 aliphatic heterocycles. The first kappa shape index (κ1) is 11.0. The second kappa shape index (κ2) is 5.05. The number of methoxy groups -OCH3 is 1. The van der Waals surface area contributed by atoms with Crippen LogP contribution in [0.3, 0.4) is 0 Å².